The van der Waals surface area contributed by atoms with Crippen molar-refractivity contribution in [3.8, 4) is 0 Å². The Bertz CT molecular complexity index is 536. The van der Waals surface area contributed by atoms with Gasteiger partial charge in [-0.25, -0.2) is 4.79 Å². The predicted octanol–water partition coefficient (Wildman–Crippen LogP) is 1.09. The Morgan fingerprint density at radius 2 is 1.88 bits per heavy atom. The van der Waals surface area contributed by atoms with E-state index >= 15 is 0 Å². The number of amides is 4. The second-order valence-corrected chi connectivity index (χ2v) is 8.12. The van der Waals surface area contributed by atoms with E-state index in [9.17, 15) is 14.4 Å². The predicted molar refractivity (Wildman–Crippen MR) is 93.9 cm³/mol. The van der Waals surface area contributed by atoms with E-state index in [1.54, 1.807) is 13.8 Å². The first-order valence-electron chi connectivity index (χ1n) is 9.52. The third-order valence-electron chi connectivity index (χ3n) is 5.46. The maximum atomic E-state index is 12.3. The van der Waals surface area contributed by atoms with Gasteiger partial charge < -0.3 is 15.5 Å². The lowest BCUT2D eigenvalue weighted by atomic mass is 10.0. The highest BCUT2D eigenvalue weighted by molar-refractivity contribution is 6.06. The molecule has 1 aliphatic carbocycles. The quantitative estimate of drug-likeness (QED) is 0.674. The summed E-state index contributed by atoms with van der Waals surface area (Å²) in [6.07, 6.45) is 5.66. The van der Waals surface area contributed by atoms with Crippen LogP contribution >= 0.6 is 0 Å². The number of rotatable bonds is 7. The first-order chi connectivity index (χ1) is 11.9. The van der Waals surface area contributed by atoms with E-state index in [4.69, 9.17) is 0 Å². The van der Waals surface area contributed by atoms with Crippen molar-refractivity contribution in [3.63, 3.8) is 0 Å². The Balaban J connectivity index is 1.34. The molecule has 0 radical (unpaired) electrons. The van der Waals surface area contributed by atoms with E-state index in [0.29, 0.717) is 25.4 Å². The normalized spacial score (nSPS) is 23.9. The van der Waals surface area contributed by atoms with Crippen LogP contribution in [0.25, 0.3) is 0 Å². The third kappa shape index (κ3) is 4.51. The first kappa shape index (κ1) is 18.2. The summed E-state index contributed by atoms with van der Waals surface area (Å²) < 4.78 is 0. The zero-order valence-corrected chi connectivity index (χ0v) is 15.3. The van der Waals surface area contributed by atoms with Crippen LogP contribution in [-0.4, -0.2) is 65.4 Å². The van der Waals surface area contributed by atoms with Crippen molar-refractivity contribution >= 4 is 17.8 Å². The fourth-order valence-electron chi connectivity index (χ4n) is 3.56. The smallest absolute Gasteiger partial charge is 0.325 e. The van der Waals surface area contributed by atoms with Crippen LogP contribution in [0.1, 0.15) is 52.4 Å². The summed E-state index contributed by atoms with van der Waals surface area (Å²) in [5.74, 6) is 0.801. The summed E-state index contributed by atoms with van der Waals surface area (Å²) in [5, 5.41) is 6.27. The molecule has 4 amide bonds. The Morgan fingerprint density at radius 1 is 1.20 bits per heavy atom. The molecule has 2 aliphatic heterocycles. The highest BCUT2D eigenvalue weighted by Gasteiger charge is 2.43. The van der Waals surface area contributed by atoms with Gasteiger partial charge in [0, 0.05) is 32.1 Å². The number of hydrogen-bond donors (Lipinski definition) is 2. The molecule has 140 valence electrons. The summed E-state index contributed by atoms with van der Waals surface area (Å²) in [5.41, 5.74) is -0.837. The van der Waals surface area contributed by atoms with E-state index in [2.05, 4.69) is 10.6 Å². The van der Waals surface area contributed by atoms with Gasteiger partial charge in [0.1, 0.15) is 5.54 Å². The lowest BCUT2D eigenvalue weighted by molar-refractivity contribution is -0.133. The van der Waals surface area contributed by atoms with Gasteiger partial charge in [-0.1, -0.05) is 0 Å². The van der Waals surface area contributed by atoms with E-state index in [-0.39, 0.29) is 17.8 Å². The van der Waals surface area contributed by atoms with E-state index in [1.807, 2.05) is 4.90 Å². The number of urea groups is 1. The molecule has 7 heteroatoms. The molecular formula is C18H30N4O3. The van der Waals surface area contributed by atoms with Gasteiger partial charge >= 0.3 is 6.03 Å². The Hall–Kier alpha value is -1.63. The van der Waals surface area contributed by atoms with Gasteiger partial charge in [-0.05, 0) is 58.4 Å². The van der Waals surface area contributed by atoms with Crippen molar-refractivity contribution in [1.82, 2.24) is 20.4 Å². The van der Waals surface area contributed by atoms with Gasteiger partial charge in [0.15, 0.2) is 0 Å². The number of carbonyl (C=O) groups excluding carboxylic acids is 3. The van der Waals surface area contributed by atoms with Crippen LogP contribution < -0.4 is 10.6 Å². The zero-order valence-electron chi connectivity index (χ0n) is 15.3. The molecule has 0 atom stereocenters. The van der Waals surface area contributed by atoms with Crippen molar-refractivity contribution in [2.24, 2.45) is 5.92 Å². The minimum absolute atomic E-state index is 0.131. The molecule has 2 saturated heterocycles. The second-order valence-electron chi connectivity index (χ2n) is 8.12. The molecule has 0 bridgehead atoms. The molecule has 1 saturated carbocycles. The Kier molecular flexibility index (Phi) is 5.32. The van der Waals surface area contributed by atoms with E-state index in [0.717, 1.165) is 38.4 Å². The molecule has 2 heterocycles. The zero-order chi connectivity index (χ0) is 18.0. The fourth-order valence-corrected chi connectivity index (χ4v) is 3.56. The summed E-state index contributed by atoms with van der Waals surface area (Å²) in [4.78, 5) is 39.4. The van der Waals surface area contributed by atoms with E-state index in [1.165, 1.54) is 17.7 Å². The van der Waals surface area contributed by atoms with Crippen LogP contribution in [0, 0.1) is 5.92 Å². The maximum Gasteiger partial charge on any atom is 0.325 e. The van der Waals surface area contributed by atoms with Gasteiger partial charge in [0.2, 0.25) is 5.91 Å². The minimum Gasteiger partial charge on any atom is -0.343 e. The maximum absolute atomic E-state index is 12.3. The van der Waals surface area contributed by atoms with Crippen LogP contribution in [0.15, 0.2) is 0 Å². The summed E-state index contributed by atoms with van der Waals surface area (Å²) in [6, 6.07) is 0.183. The molecular weight excluding hydrogens is 320 g/mol. The fraction of sp³-hybridized carbons (Fsp3) is 0.833. The molecule has 0 aromatic carbocycles. The molecule has 0 aromatic rings. The number of nitrogens with zero attached hydrogens (tertiary/aromatic N) is 2. The molecule has 0 unspecified atom stereocenters. The summed E-state index contributed by atoms with van der Waals surface area (Å²) >= 11 is 0. The first-order valence-corrected chi connectivity index (χ1v) is 9.52. The molecule has 25 heavy (non-hydrogen) atoms. The van der Waals surface area contributed by atoms with Gasteiger partial charge in [0.25, 0.3) is 5.91 Å². The molecule has 3 fully saturated rings. The third-order valence-corrected chi connectivity index (χ3v) is 5.46. The second kappa shape index (κ2) is 7.32. The minimum atomic E-state index is -0.837. The molecule has 7 nitrogen and oxygen atoms in total. The summed E-state index contributed by atoms with van der Waals surface area (Å²) in [6.45, 7) is 6.42. The lowest BCUT2D eigenvalue weighted by Crippen LogP contribution is -2.45. The van der Waals surface area contributed by atoms with Gasteiger partial charge in [0.05, 0.1) is 0 Å². The number of carbonyl (C=O) groups is 3. The number of piperidine rings is 1. The standard InChI is InChI=1S/C18H30N4O3/c1-18(2)16(24)22(17(25)20-18)9-3-4-15(23)21-10-7-14(8-11-21)19-12-13-5-6-13/h13-14,19H,3-12H2,1-2H3,(H,20,25). The largest absolute Gasteiger partial charge is 0.343 e. The van der Waals surface area contributed by atoms with Crippen molar-refractivity contribution in [1.29, 1.82) is 0 Å². The Labute approximate surface area is 149 Å². The van der Waals surface area contributed by atoms with Crippen molar-refractivity contribution in [3.05, 3.63) is 0 Å². The monoisotopic (exact) mass is 350 g/mol. The van der Waals surface area contributed by atoms with Crippen molar-refractivity contribution < 1.29 is 14.4 Å². The molecule has 2 N–H and O–H groups in total. The highest BCUT2D eigenvalue weighted by Crippen LogP contribution is 2.28. The van der Waals surface area contributed by atoms with Crippen LogP contribution in [0.2, 0.25) is 0 Å². The molecule has 0 aromatic heterocycles. The van der Waals surface area contributed by atoms with Crippen molar-refractivity contribution in [2.75, 3.05) is 26.2 Å². The highest BCUT2D eigenvalue weighted by atomic mass is 16.2. The average Bonchev–Trinajstić information content (AvgIpc) is 3.37. The topological polar surface area (TPSA) is 81.8 Å². The average molecular weight is 350 g/mol. The van der Waals surface area contributed by atoms with Crippen LogP contribution in [0.5, 0.6) is 0 Å². The number of nitrogens with one attached hydrogen (secondary N) is 2. The molecule has 3 rings (SSSR count). The van der Waals surface area contributed by atoms with Crippen LogP contribution in [0.3, 0.4) is 0 Å². The van der Waals surface area contributed by atoms with Gasteiger partial charge in [-0.2, -0.15) is 0 Å². The lowest BCUT2D eigenvalue weighted by Gasteiger charge is -2.32. The van der Waals surface area contributed by atoms with Crippen LogP contribution in [0.4, 0.5) is 4.79 Å². The molecule has 3 aliphatic rings. The summed E-state index contributed by atoms with van der Waals surface area (Å²) in [7, 11) is 0. The van der Waals surface area contributed by atoms with Gasteiger partial charge in [-0.3, -0.25) is 14.5 Å². The number of likely N-dealkylation sites (tertiary alicyclic amines) is 1. The molecule has 0 spiro atoms. The van der Waals surface area contributed by atoms with Crippen molar-refractivity contribution in [2.45, 2.75) is 64.0 Å². The SMILES string of the molecule is CC1(C)NC(=O)N(CCCC(=O)N2CCC(NCC3CC3)CC2)C1=O. The van der Waals surface area contributed by atoms with Crippen LogP contribution in [-0.2, 0) is 9.59 Å². The Morgan fingerprint density at radius 3 is 2.44 bits per heavy atom. The van der Waals surface area contributed by atoms with E-state index < -0.39 is 5.54 Å². The van der Waals surface area contributed by atoms with Gasteiger partial charge in [-0.15, -0.1) is 0 Å². The number of imide groups is 1. The number of hydrogen-bond acceptors (Lipinski definition) is 4.